The van der Waals surface area contributed by atoms with E-state index in [0.29, 0.717) is 10.9 Å². The first-order chi connectivity index (χ1) is 8.02. The molecule has 0 aliphatic heterocycles. The third-order valence-corrected chi connectivity index (χ3v) is 1.82. The Kier molecular flexibility index (Phi) is 3.87. The van der Waals surface area contributed by atoms with Gasteiger partial charge in [-0.25, -0.2) is 10.4 Å². The van der Waals surface area contributed by atoms with Gasteiger partial charge in [0.15, 0.2) is 0 Å². The van der Waals surface area contributed by atoms with E-state index in [4.69, 9.17) is 15.3 Å². The van der Waals surface area contributed by atoms with Crippen LogP contribution in [0.4, 0.5) is 5.69 Å². The van der Waals surface area contributed by atoms with Crippen molar-refractivity contribution in [3.05, 3.63) is 51.6 Å². The molecular formula is C9H8N3O5+. The van der Waals surface area contributed by atoms with E-state index in [1.165, 1.54) is 6.07 Å². The van der Waals surface area contributed by atoms with Gasteiger partial charge >= 0.3 is 5.09 Å². The Morgan fingerprint density at radius 1 is 1.12 bits per heavy atom. The zero-order valence-electron chi connectivity index (χ0n) is 8.42. The second-order valence-corrected chi connectivity index (χ2v) is 2.86. The Labute approximate surface area is 94.4 Å². The Balaban J connectivity index is 0.000000317. The Morgan fingerprint density at radius 2 is 1.76 bits per heavy atom. The maximum atomic E-state index is 10.6. The van der Waals surface area contributed by atoms with Crippen molar-refractivity contribution in [2.45, 2.75) is 0 Å². The van der Waals surface area contributed by atoms with Gasteiger partial charge in [0, 0.05) is 12.3 Å². The average Bonchev–Trinajstić information content (AvgIpc) is 2.27. The summed E-state index contributed by atoms with van der Waals surface area (Å²) in [4.78, 5) is 22.7. The highest BCUT2D eigenvalue weighted by molar-refractivity contribution is 5.87. The molecule has 1 aromatic heterocycles. The third kappa shape index (κ3) is 3.38. The summed E-state index contributed by atoms with van der Waals surface area (Å²) in [5, 5.41) is 23.7. The fourth-order valence-corrected chi connectivity index (χ4v) is 1.25. The van der Waals surface area contributed by atoms with Crippen molar-refractivity contribution >= 4 is 16.6 Å². The predicted octanol–water partition coefficient (Wildman–Crippen LogP) is 1.69. The molecule has 0 radical (unpaired) electrons. The summed E-state index contributed by atoms with van der Waals surface area (Å²) in [6, 6.07) is 8.25. The quantitative estimate of drug-likeness (QED) is 0.576. The van der Waals surface area contributed by atoms with Crippen LogP contribution in [0.15, 0.2) is 36.5 Å². The maximum absolute atomic E-state index is 10.6. The van der Waals surface area contributed by atoms with Gasteiger partial charge in [-0.05, 0) is 18.2 Å². The SMILES string of the molecule is O=[N+](O)O.O=[N+]([O-])c1cccc2ncccc12. The molecule has 0 spiro atoms. The summed E-state index contributed by atoms with van der Waals surface area (Å²) >= 11 is 0. The molecule has 17 heavy (non-hydrogen) atoms. The Bertz CT molecular complexity index is 548. The summed E-state index contributed by atoms with van der Waals surface area (Å²) in [5.74, 6) is 0. The van der Waals surface area contributed by atoms with Gasteiger partial charge in [0.25, 0.3) is 5.69 Å². The molecule has 2 rings (SSSR count). The topological polar surface area (TPSA) is 117 Å². The van der Waals surface area contributed by atoms with Crippen LogP contribution < -0.4 is 0 Å². The third-order valence-electron chi connectivity index (χ3n) is 1.82. The molecule has 2 aromatic rings. The van der Waals surface area contributed by atoms with Crippen LogP contribution in [0.5, 0.6) is 0 Å². The summed E-state index contributed by atoms with van der Waals surface area (Å²) in [6.45, 7) is 0. The Morgan fingerprint density at radius 3 is 2.35 bits per heavy atom. The minimum atomic E-state index is -1.25. The monoisotopic (exact) mass is 238 g/mol. The average molecular weight is 238 g/mol. The molecule has 0 bridgehead atoms. The molecule has 0 unspecified atom stereocenters. The molecule has 2 N–H and O–H groups in total. The molecule has 1 aromatic carbocycles. The number of benzene rings is 1. The largest absolute Gasteiger partial charge is 0.472 e. The number of rotatable bonds is 1. The molecule has 0 aliphatic rings. The van der Waals surface area contributed by atoms with Crippen molar-refractivity contribution in [1.29, 1.82) is 0 Å². The number of hydrogen-bond donors (Lipinski definition) is 2. The fraction of sp³-hybridized carbons (Fsp3) is 0. The number of non-ortho nitro benzene ring substituents is 1. The Hall–Kier alpha value is -2.77. The van der Waals surface area contributed by atoms with Crippen LogP contribution in [0.25, 0.3) is 10.9 Å². The van der Waals surface area contributed by atoms with Gasteiger partial charge in [0.05, 0.1) is 15.8 Å². The first-order valence-electron chi connectivity index (χ1n) is 4.35. The fourth-order valence-electron chi connectivity index (χ4n) is 1.25. The number of fused-ring (bicyclic) bond motifs is 1. The van der Waals surface area contributed by atoms with Crippen LogP contribution in [0.1, 0.15) is 0 Å². The molecule has 1 heterocycles. The van der Waals surface area contributed by atoms with E-state index in [1.54, 1.807) is 30.5 Å². The molecule has 0 aliphatic carbocycles. The number of nitro benzene ring substituents is 1. The van der Waals surface area contributed by atoms with Crippen LogP contribution in [-0.2, 0) is 0 Å². The standard InChI is InChI=1S/C9H6N2O2.H2NO3/c12-11(13)9-5-1-4-8-7(9)3-2-6-10-8;2-1(3)4/h1-6H;(H2,2,3,4)/q;+1. The number of aromatic nitrogens is 1. The molecule has 0 fully saturated rings. The smallest absolute Gasteiger partial charge is 0.258 e. The zero-order chi connectivity index (χ0) is 12.8. The minimum Gasteiger partial charge on any atom is -0.258 e. The summed E-state index contributed by atoms with van der Waals surface area (Å²) in [7, 11) is 0. The first-order valence-corrected chi connectivity index (χ1v) is 4.35. The number of nitrogens with zero attached hydrogens (tertiary/aromatic N) is 3. The van der Waals surface area contributed by atoms with Crippen molar-refractivity contribution in [1.82, 2.24) is 4.98 Å². The van der Waals surface area contributed by atoms with Crippen LogP contribution in [-0.4, -0.2) is 25.4 Å². The van der Waals surface area contributed by atoms with Gasteiger partial charge in [-0.3, -0.25) is 15.1 Å². The summed E-state index contributed by atoms with van der Waals surface area (Å²) in [6.07, 6.45) is 1.62. The second kappa shape index (κ2) is 5.35. The number of pyridine rings is 1. The normalized spacial score (nSPS) is 9.18. The van der Waals surface area contributed by atoms with E-state index in [0.717, 1.165) is 0 Å². The van der Waals surface area contributed by atoms with Crippen LogP contribution in [0.3, 0.4) is 0 Å². The lowest BCUT2D eigenvalue weighted by Crippen LogP contribution is -1.89. The zero-order valence-corrected chi connectivity index (χ0v) is 8.42. The lowest BCUT2D eigenvalue weighted by molar-refractivity contribution is -0.969. The van der Waals surface area contributed by atoms with Gasteiger partial charge in [0.1, 0.15) is 4.91 Å². The summed E-state index contributed by atoms with van der Waals surface area (Å²) in [5.41, 5.74) is 0.752. The maximum Gasteiger partial charge on any atom is 0.472 e. The van der Waals surface area contributed by atoms with E-state index in [9.17, 15) is 10.1 Å². The molecule has 0 saturated carbocycles. The van der Waals surface area contributed by atoms with E-state index >= 15 is 0 Å². The molecule has 8 nitrogen and oxygen atoms in total. The van der Waals surface area contributed by atoms with Gasteiger partial charge in [0.2, 0.25) is 0 Å². The highest BCUT2D eigenvalue weighted by Gasteiger charge is 2.09. The van der Waals surface area contributed by atoms with Gasteiger partial charge in [-0.1, -0.05) is 6.07 Å². The lowest BCUT2D eigenvalue weighted by Gasteiger charge is -1.96. The summed E-state index contributed by atoms with van der Waals surface area (Å²) < 4.78 is 0. The van der Waals surface area contributed by atoms with Crippen molar-refractivity contribution in [3.63, 3.8) is 0 Å². The van der Waals surface area contributed by atoms with E-state index in [1.807, 2.05) is 0 Å². The van der Waals surface area contributed by atoms with E-state index in [-0.39, 0.29) is 5.69 Å². The predicted molar refractivity (Wildman–Crippen MR) is 55.6 cm³/mol. The first kappa shape index (κ1) is 12.3. The van der Waals surface area contributed by atoms with Crippen LogP contribution >= 0.6 is 0 Å². The highest BCUT2D eigenvalue weighted by atomic mass is 16.9. The van der Waals surface area contributed by atoms with Gasteiger partial charge in [-0.2, -0.15) is 0 Å². The molecule has 0 atom stereocenters. The van der Waals surface area contributed by atoms with Crippen molar-refractivity contribution in [2.24, 2.45) is 0 Å². The highest BCUT2D eigenvalue weighted by Crippen LogP contribution is 2.22. The second-order valence-electron chi connectivity index (χ2n) is 2.86. The molecule has 8 heteroatoms. The van der Waals surface area contributed by atoms with Crippen molar-refractivity contribution in [2.75, 3.05) is 0 Å². The van der Waals surface area contributed by atoms with E-state index < -0.39 is 10.0 Å². The number of hydrogen-bond acceptors (Lipinski definition) is 4. The number of nitro groups is 1. The van der Waals surface area contributed by atoms with E-state index in [2.05, 4.69) is 4.98 Å². The van der Waals surface area contributed by atoms with Crippen LogP contribution in [0.2, 0.25) is 0 Å². The molecule has 0 saturated heterocycles. The van der Waals surface area contributed by atoms with Crippen molar-refractivity contribution in [3.8, 4) is 0 Å². The van der Waals surface area contributed by atoms with Gasteiger partial charge < -0.3 is 0 Å². The molecule has 0 amide bonds. The minimum absolute atomic E-state index is 0.102. The van der Waals surface area contributed by atoms with Crippen LogP contribution in [0, 0.1) is 15.0 Å². The lowest BCUT2D eigenvalue weighted by atomic mass is 10.2. The molecule has 88 valence electrons. The van der Waals surface area contributed by atoms with Gasteiger partial charge in [-0.15, -0.1) is 0 Å². The molecular weight excluding hydrogens is 230 g/mol. The van der Waals surface area contributed by atoms with Crippen molar-refractivity contribution < 1.29 is 20.4 Å².